The molecule has 110 valence electrons. The Labute approximate surface area is 124 Å². The second-order valence-electron chi connectivity index (χ2n) is 5.35. The maximum atomic E-state index is 12.8. The van der Waals surface area contributed by atoms with E-state index in [9.17, 15) is 9.18 Å². The maximum absolute atomic E-state index is 12.8. The lowest BCUT2D eigenvalue weighted by atomic mass is 10.2. The van der Waals surface area contributed by atoms with Crippen molar-refractivity contribution in [2.45, 2.75) is 13.5 Å². The Morgan fingerprint density at radius 3 is 2.33 bits per heavy atom. The first-order valence-corrected chi connectivity index (χ1v) is 6.95. The summed E-state index contributed by atoms with van der Waals surface area (Å²) in [5.74, 6) is -0.271. The number of aryl methyl sites for hydroxylation is 1. The molecule has 21 heavy (non-hydrogen) atoms. The summed E-state index contributed by atoms with van der Waals surface area (Å²) < 4.78 is 12.8. The highest BCUT2D eigenvalue weighted by Gasteiger charge is 2.10. The average Bonchev–Trinajstić information content (AvgIpc) is 2.44. The highest BCUT2D eigenvalue weighted by atomic mass is 19.1. The second-order valence-corrected chi connectivity index (χ2v) is 5.35. The number of hydrogen-bond donors (Lipinski definition) is 2. The van der Waals surface area contributed by atoms with Crippen LogP contribution in [0.5, 0.6) is 0 Å². The number of rotatable bonds is 5. The van der Waals surface area contributed by atoms with Crippen LogP contribution >= 0.6 is 0 Å². The number of benzene rings is 2. The van der Waals surface area contributed by atoms with E-state index in [0.29, 0.717) is 13.1 Å². The molecule has 0 aliphatic carbocycles. The van der Waals surface area contributed by atoms with E-state index in [0.717, 1.165) is 21.7 Å². The lowest BCUT2D eigenvalue weighted by Crippen LogP contribution is -3.08. The number of quaternary nitrogens is 1. The third-order valence-electron chi connectivity index (χ3n) is 3.22. The number of carbonyl (C=O) groups excluding carboxylic acids is 1. The summed E-state index contributed by atoms with van der Waals surface area (Å²) in [6.45, 7) is 3.05. The molecule has 3 nitrogen and oxygen atoms in total. The van der Waals surface area contributed by atoms with Gasteiger partial charge in [0.25, 0.3) is 5.91 Å². The topological polar surface area (TPSA) is 33.5 Å². The van der Waals surface area contributed by atoms with Gasteiger partial charge in [0.05, 0.1) is 7.05 Å². The molecule has 1 atom stereocenters. The summed E-state index contributed by atoms with van der Waals surface area (Å²) in [6.07, 6.45) is 0. The van der Waals surface area contributed by atoms with E-state index in [1.54, 1.807) is 12.1 Å². The van der Waals surface area contributed by atoms with Crippen LogP contribution in [0.1, 0.15) is 11.1 Å². The largest absolute Gasteiger partial charge is 0.326 e. The second kappa shape index (κ2) is 6.99. The Balaban J connectivity index is 1.84. The fourth-order valence-electron chi connectivity index (χ4n) is 2.13. The molecule has 0 bridgehead atoms. The van der Waals surface area contributed by atoms with E-state index < -0.39 is 0 Å². The van der Waals surface area contributed by atoms with Gasteiger partial charge in [-0.2, -0.15) is 0 Å². The molecule has 0 saturated heterocycles. The van der Waals surface area contributed by atoms with Gasteiger partial charge in [-0.05, 0) is 31.2 Å². The molecule has 1 amide bonds. The van der Waals surface area contributed by atoms with Crippen LogP contribution in [0.4, 0.5) is 10.1 Å². The molecule has 2 rings (SSSR count). The van der Waals surface area contributed by atoms with Crippen molar-refractivity contribution in [3.8, 4) is 0 Å². The summed E-state index contributed by atoms with van der Waals surface area (Å²) in [4.78, 5) is 13.0. The number of nitrogens with one attached hydrogen (secondary N) is 2. The standard InChI is InChI=1S/C17H19FN2O/c1-13-3-9-16(10-4-13)19-17(21)12-20(2)11-14-5-7-15(18)8-6-14/h3-10H,11-12H2,1-2H3,(H,19,21)/p+1. The van der Waals surface area contributed by atoms with Crippen LogP contribution in [0.2, 0.25) is 0 Å². The number of likely N-dealkylation sites (N-methyl/N-ethyl adjacent to an activating group) is 1. The van der Waals surface area contributed by atoms with E-state index >= 15 is 0 Å². The molecule has 0 heterocycles. The minimum atomic E-state index is -0.242. The zero-order valence-corrected chi connectivity index (χ0v) is 12.3. The van der Waals surface area contributed by atoms with Crippen molar-refractivity contribution < 1.29 is 14.1 Å². The molecular formula is C17H20FN2O+. The van der Waals surface area contributed by atoms with Crippen LogP contribution in [0.15, 0.2) is 48.5 Å². The van der Waals surface area contributed by atoms with Crippen molar-refractivity contribution in [3.05, 3.63) is 65.5 Å². The van der Waals surface area contributed by atoms with Crippen LogP contribution in [-0.4, -0.2) is 19.5 Å². The molecule has 2 aromatic rings. The molecule has 2 N–H and O–H groups in total. The zero-order valence-electron chi connectivity index (χ0n) is 12.3. The maximum Gasteiger partial charge on any atom is 0.279 e. The average molecular weight is 287 g/mol. The minimum Gasteiger partial charge on any atom is -0.326 e. The third-order valence-corrected chi connectivity index (χ3v) is 3.22. The van der Waals surface area contributed by atoms with Gasteiger partial charge in [-0.3, -0.25) is 4.79 Å². The first-order chi connectivity index (χ1) is 10.0. The van der Waals surface area contributed by atoms with Crippen LogP contribution in [0.3, 0.4) is 0 Å². The van der Waals surface area contributed by atoms with E-state index in [1.165, 1.54) is 12.1 Å². The lowest BCUT2D eigenvalue weighted by molar-refractivity contribution is -0.885. The summed E-state index contributed by atoms with van der Waals surface area (Å²) in [6, 6.07) is 14.1. The Bertz CT molecular complexity index is 593. The SMILES string of the molecule is Cc1ccc(NC(=O)C[NH+](C)Cc2ccc(F)cc2)cc1. The monoisotopic (exact) mass is 287 g/mol. The van der Waals surface area contributed by atoms with Crippen LogP contribution in [0, 0.1) is 12.7 Å². The van der Waals surface area contributed by atoms with Gasteiger partial charge < -0.3 is 10.2 Å². The van der Waals surface area contributed by atoms with Crippen molar-refractivity contribution in [2.75, 3.05) is 18.9 Å². The van der Waals surface area contributed by atoms with Gasteiger partial charge in [0.2, 0.25) is 0 Å². The number of hydrogen-bond acceptors (Lipinski definition) is 1. The van der Waals surface area contributed by atoms with Gasteiger partial charge >= 0.3 is 0 Å². The normalized spacial score (nSPS) is 12.0. The van der Waals surface area contributed by atoms with Gasteiger partial charge in [-0.1, -0.05) is 29.8 Å². The van der Waals surface area contributed by atoms with Gasteiger partial charge in [0.1, 0.15) is 12.4 Å². The molecule has 0 radical (unpaired) electrons. The predicted octanol–water partition coefficient (Wildman–Crippen LogP) is 1.79. The number of halogens is 1. The Kier molecular flexibility index (Phi) is 5.06. The summed E-state index contributed by atoms with van der Waals surface area (Å²) >= 11 is 0. The first-order valence-electron chi connectivity index (χ1n) is 6.95. The Morgan fingerprint density at radius 2 is 1.71 bits per heavy atom. The van der Waals surface area contributed by atoms with Crippen molar-refractivity contribution in [3.63, 3.8) is 0 Å². The molecule has 0 aliphatic rings. The highest BCUT2D eigenvalue weighted by Crippen LogP contribution is 2.07. The number of carbonyl (C=O) groups is 1. The van der Waals surface area contributed by atoms with Crippen molar-refractivity contribution in [1.29, 1.82) is 0 Å². The molecule has 0 fully saturated rings. The van der Waals surface area contributed by atoms with E-state index in [2.05, 4.69) is 5.32 Å². The smallest absolute Gasteiger partial charge is 0.279 e. The zero-order chi connectivity index (χ0) is 15.2. The van der Waals surface area contributed by atoms with Crippen molar-refractivity contribution >= 4 is 11.6 Å². The Morgan fingerprint density at radius 1 is 1.10 bits per heavy atom. The molecule has 0 saturated carbocycles. The molecule has 1 unspecified atom stereocenters. The summed E-state index contributed by atoms with van der Waals surface area (Å²) in [5, 5.41) is 2.88. The molecule has 2 aromatic carbocycles. The van der Waals surface area contributed by atoms with E-state index in [4.69, 9.17) is 0 Å². The van der Waals surface area contributed by atoms with Gasteiger partial charge in [-0.25, -0.2) is 4.39 Å². The van der Waals surface area contributed by atoms with E-state index in [1.807, 2.05) is 38.2 Å². The predicted molar refractivity (Wildman–Crippen MR) is 81.7 cm³/mol. The van der Waals surface area contributed by atoms with Crippen molar-refractivity contribution in [2.24, 2.45) is 0 Å². The van der Waals surface area contributed by atoms with Gasteiger partial charge in [-0.15, -0.1) is 0 Å². The van der Waals surface area contributed by atoms with Gasteiger partial charge in [0.15, 0.2) is 6.54 Å². The molecule has 0 spiro atoms. The fraction of sp³-hybridized carbons (Fsp3) is 0.235. The summed E-state index contributed by atoms with van der Waals surface area (Å²) in [5.41, 5.74) is 2.98. The number of anilines is 1. The minimum absolute atomic E-state index is 0.0292. The number of amides is 1. The van der Waals surface area contributed by atoms with Crippen LogP contribution in [-0.2, 0) is 11.3 Å². The van der Waals surface area contributed by atoms with Crippen LogP contribution < -0.4 is 10.2 Å². The quantitative estimate of drug-likeness (QED) is 0.863. The van der Waals surface area contributed by atoms with E-state index in [-0.39, 0.29) is 11.7 Å². The summed E-state index contributed by atoms with van der Waals surface area (Å²) in [7, 11) is 1.94. The third kappa shape index (κ3) is 5.00. The molecule has 0 aromatic heterocycles. The Hall–Kier alpha value is -2.20. The van der Waals surface area contributed by atoms with Crippen LogP contribution in [0.25, 0.3) is 0 Å². The lowest BCUT2D eigenvalue weighted by Gasteiger charge is -2.14. The van der Waals surface area contributed by atoms with Crippen molar-refractivity contribution in [1.82, 2.24) is 0 Å². The molecule has 0 aliphatic heterocycles. The fourth-order valence-corrected chi connectivity index (χ4v) is 2.13. The first kappa shape index (κ1) is 15.2. The molecule has 4 heteroatoms. The molecular weight excluding hydrogens is 267 g/mol. The highest BCUT2D eigenvalue weighted by molar-refractivity contribution is 5.91. The van der Waals surface area contributed by atoms with Gasteiger partial charge in [0, 0.05) is 11.3 Å².